The molecule has 1 saturated heterocycles. The Kier molecular flexibility index (Phi) is 4.38. The predicted octanol–water partition coefficient (Wildman–Crippen LogP) is 3.32. The van der Waals surface area contributed by atoms with Crippen molar-refractivity contribution >= 4 is 28.6 Å². The molecule has 0 bridgehead atoms. The molecule has 2 N–H and O–H groups in total. The zero-order valence-corrected chi connectivity index (χ0v) is 14.0. The third-order valence-electron chi connectivity index (χ3n) is 4.42. The molecule has 1 aliphatic heterocycles. The minimum Gasteiger partial charge on any atom is -0.459 e. The van der Waals surface area contributed by atoms with Gasteiger partial charge in [-0.3, -0.25) is 4.79 Å². The first-order chi connectivity index (χ1) is 10.9. The summed E-state index contributed by atoms with van der Waals surface area (Å²) in [5.41, 5.74) is 0.0946. The van der Waals surface area contributed by atoms with Gasteiger partial charge < -0.3 is 14.8 Å². The lowest BCUT2D eigenvalue weighted by Crippen LogP contribution is -2.49. The fourth-order valence-electron chi connectivity index (χ4n) is 2.96. The van der Waals surface area contributed by atoms with Crippen LogP contribution in [0.25, 0.3) is 11.0 Å². The largest absolute Gasteiger partial charge is 0.459 e. The first kappa shape index (κ1) is 16.3. The van der Waals surface area contributed by atoms with E-state index in [0.717, 1.165) is 17.1 Å². The lowest BCUT2D eigenvalue weighted by molar-refractivity contribution is -0.141. The van der Waals surface area contributed by atoms with Crippen molar-refractivity contribution in [1.82, 2.24) is 5.32 Å². The minimum atomic E-state index is -1.30. The molecule has 1 fully saturated rings. The number of amides is 1. The normalized spacial score (nSPS) is 18.8. The van der Waals surface area contributed by atoms with Crippen LogP contribution in [-0.4, -0.2) is 28.1 Å². The van der Waals surface area contributed by atoms with E-state index in [4.69, 9.17) is 4.42 Å². The van der Waals surface area contributed by atoms with Crippen molar-refractivity contribution in [2.45, 2.75) is 38.3 Å². The van der Waals surface area contributed by atoms with E-state index in [1.807, 2.05) is 6.92 Å². The van der Waals surface area contributed by atoms with Gasteiger partial charge in [-0.2, -0.15) is 11.8 Å². The van der Waals surface area contributed by atoms with E-state index in [-0.39, 0.29) is 11.7 Å². The van der Waals surface area contributed by atoms with E-state index in [1.54, 1.807) is 24.8 Å². The van der Waals surface area contributed by atoms with Gasteiger partial charge in [0.1, 0.15) is 22.8 Å². The van der Waals surface area contributed by atoms with E-state index in [0.29, 0.717) is 29.6 Å². The first-order valence-corrected chi connectivity index (χ1v) is 8.86. The monoisotopic (exact) mass is 337 g/mol. The second-order valence-corrected chi connectivity index (χ2v) is 7.30. The Labute approximate surface area is 138 Å². The fourth-order valence-corrected chi connectivity index (χ4v) is 4.13. The van der Waals surface area contributed by atoms with Crippen LogP contribution in [0.1, 0.15) is 37.1 Å². The smallest absolute Gasteiger partial charge is 0.252 e. The van der Waals surface area contributed by atoms with Crippen LogP contribution in [0.4, 0.5) is 4.39 Å². The van der Waals surface area contributed by atoms with Crippen molar-refractivity contribution in [2.75, 3.05) is 11.5 Å². The number of halogens is 1. The highest BCUT2D eigenvalue weighted by molar-refractivity contribution is 7.99. The van der Waals surface area contributed by atoms with Gasteiger partial charge in [0, 0.05) is 10.9 Å². The summed E-state index contributed by atoms with van der Waals surface area (Å²) >= 11 is 1.74. The lowest BCUT2D eigenvalue weighted by Gasteiger charge is -2.31. The van der Waals surface area contributed by atoms with Crippen molar-refractivity contribution in [1.29, 1.82) is 0 Å². The molecule has 0 saturated carbocycles. The third kappa shape index (κ3) is 3.10. The third-order valence-corrected chi connectivity index (χ3v) is 5.40. The topological polar surface area (TPSA) is 62.5 Å². The lowest BCUT2D eigenvalue weighted by atomic mass is 9.95. The standard InChI is InChI=1S/C17H20FNO3S/c1-10-13-9-12(18)3-4-14(13)22-15(10)11(2)19-16(20)17(21)5-7-23-8-6-17/h3-4,9,11,21H,5-8H2,1-2H3,(H,19,20)/t11-/m1/s1. The summed E-state index contributed by atoms with van der Waals surface area (Å²) in [6.45, 7) is 3.65. The van der Waals surface area contributed by atoms with Gasteiger partial charge in [-0.25, -0.2) is 4.39 Å². The van der Waals surface area contributed by atoms with Gasteiger partial charge in [-0.15, -0.1) is 0 Å². The Bertz CT molecular complexity index is 737. The van der Waals surface area contributed by atoms with E-state index in [2.05, 4.69) is 5.32 Å². The number of aliphatic hydroxyl groups is 1. The Hall–Kier alpha value is -1.53. The minimum absolute atomic E-state index is 0.321. The number of carbonyl (C=O) groups excluding carboxylic acids is 1. The maximum atomic E-state index is 13.4. The summed E-state index contributed by atoms with van der Waals surface area (Å²) in [5, 5.41) is 14.0. The highest BCUT2D eigenvalue weighted by Gasteiger charge is 2.38. The number of fused-ring (bicyclic) bond motifs is 1. The van der Waals surface area contributed by atoms with Crippen LogP contribution >= 0.6 is 11.8 Å². The molecule has 124 valence electrons. The van der Waals surface area contributed by atoms with Crippen LogP contribution in [-0.2, 0) is 4.79 Å². The molecule has 0 aliphatic carbocycles. The number of thioether (sulfide) groups is 1. The van der Waals surface area contributed by atoms with Gasteiger partial charge >= 0.3 is 0 Å². The van der Waals surface area contributed by atoms with Gasteiger partial charge in [0.25, 0.3) is 5.91 Å². The SMILES string of the molecule is Cc1c([C@@H](C)NC(=O)C2(O)CCSCC2)oc2ccc(F)cc12. The van der Waals surface area contributed by atoms with E-state index >= 15 is 0 Å². The number of benzene rings is 1. The molecule has 1 aromatic heterocycles. The van der Waals surface area contributed by atoms with Crippen molar-refractivity contribution in [2.24, 2.45) is 0 Å². The number of nitrogens with one attached hydrogen (secondary N) is 1. The van der Waals surface area contributed by atoms with Crippen LogP contribution < -0.4 is 5.32 Å². The Balaban J connectivity index is 1.81. The van der Waals surface area contributed by atoms with Gasteiger partial charge in [0.15, 0.2) is 0 Å². The fraction of sp³-hybridized carbons (Fsp3) is 0.471. The molecule has 1 aliphatic rings. The molecule has 0 radical (unpaired) electrons. The average Bonchev–Trinajstić information content (AvgIpc) is 2.85. The van der Waals surface area contributed by atoms with Crippen LogP contribution in [0, 0.1) is 12.7 Å². The predicted molar refractivity (Wildman–Crippen MR) is 89.0 cm³/mol. The maximum absolute atomic E-state index is 13.4. The Morgan fingerprint density at radius 1 is 1.43 bits per heavy atom. The average molecular weight is 337 g/mol. The van der Waals surface area contributed by atoms with E-state index < -0.39 is 11.6 Å². The molecule has 0 unspecified atom stereocenters. The first-order valence-electron chi connectivity index (χ1n) is 7.70. The van der Waals surface area contributed by atoms with Gasteiger partial charge in [0.05, 0.1) is 6.04 Å². The van der Waals surface area contributed by atoms with Gasteiger partial charge in [0.2, 0.25) is 0 Å². The molecule has 3 rings (SSSR count). The molecular formula is C17H20FNO3S. The number of furan rings is 1. The summed E-state index contributed by atoms with van der Waals surface area (Å²) < 4.78 is 19.2. The summed E-state index contributed by atoms with van der Waals surface area (Å²) in [6.07, 6.45) is 0.918. The zero-order chi connectivity index (χ0) is 16.6. The molecule has 1 amide bonds. The van der Waals surface area contributed by atoms with Crippen LogP contribution in [0.2, 0.25) is 0 Å². The summed E-state index contributed by atoms with van der Waals surface area (Å²) in [5.74, 6) is 1.46. The highest BCUT2D eigenvalue weighted by Crippen LogP contribution is 2.31. The number of rotatable bonds is 3. The van der Waals surface area contributed by atoms with Crippen molar-refractivity contribution < 1.29 is 18.7 Å². The Morgan fingerprint density at radius 2 is 2.13 bits per heavy atom. The summed E-state index contributed by atoms with van der Waals surface area (Å²) in [7, 11) is 0. The number of hydrogen-bond acceptors (Lipinski definition) is 4. The quantitative estimate of drug-likeness (QED) is 0.902. The number of hydrogen-bond donors (Lipinski definition) is 2. The Morgan fingerprint density at radius 3 is 2.83 bits per heavy atom. The van der Waals surface area contributed by atoms with Crippen molar-refractivity contribution in [3.63, 3.8) is 0 Å². The molecule has 1 aromatic carbocycles. The van der Waals surface area contributed by atoms with Crippen molar-refractivity contribution in [3.05, 3.63) is 35.3 Å². The molecule has 0 spiro atoms. The van der Waals surface area contributed by atoms with Gasteiger partial charge in [-0.1, -0.05) is 0 Å². The summed E-state index contributed by atoms with van der Waals surface area (Å²) in [4.78, 5) is 12.4. The van der Waals surface area contributed by atoms with E-state index in [1.165, 1.54) is 12.1 Å². The van der Waals surface area contributed by atoms with Crippen LogP contribution in [0.15, 0.2) is 22.6 Å². The molecule has 2 aromatic rings. The maximum Gasteiger partial charge on any atom is 0.252 e. The second kappa shape index (κ2) is 6.17. The summed E-state index contributed by atoms with van der Waals surface area (Å²) in [6, 6.07) is 3.97. The molecule has 23 heavy (non-hydrogen) atoms. The zero-order valence-electron chi connectivity index (χ0n) is 13.2. The number of aryl methyl sites for hydroxylation is 1. The highest BCUT2D eigenvalue weighted by atomic mass is 32.2. The molecule has 1 atom stereocenters. The molecule has 4 nitrogen and oxygen atoms in total. The molecular weight excluding hydrogens is 317 g/mol. The van der Waals surface area contributed by atoms with Crippen molar-refractivity contribution in [3.8, 4) is 0 Å². The second-order valence-electron chi connectivity index (χ2n) is 6.07. The van der Waals surface area contributed by atoms with E-state index in [9.17, 15) is 14.3 Å². The molecule has 2 heterocycles. The van der Waals surface area contributed by atoms with Gasteiger partial charge in [-0.05, 0) is 56.4 Å². The van der Waals surface area contributed by atoms with Crippen LogP contribution in [0.3, 0.4) is 0 Å². The van der Waals surface area contributed by atoms with Crippen LogP contribution in [0.5, 0.6) is 0 Å². The number of carbonyl (C=O) groups is 1. The molecule has 6 heteroatoms.